The van der Waals surface area contributed by atoms with E-state index >= 15 is 0 Å². The molecule has 0 aromatic heterocycles. The maximum Gasteiger partial charge on any atom is 0.326 e. The summed E-state index contributed by atoms with van der Waals surface area (Å²) in [5.41, 5.74) is 6.29. The van der Waals surface area contributed by atoms with E-state index in [0.29, 0.717) is 6.42 Å². The number of ether oxygens (including phenoxy) is 1. The Labute approximate surface area is 99.4 Å². The smallest absolute Gasteiger partial charge is 0.326 e. The normalized spacial score (nSPS) is 27.6. The van der Waals surface area contributed by atoms with Crippen molar-refractivity contribution in [1.82, 2.24) is 0 Å². The zero-order chi connectivity index (χ0) is 11.8. The maximum atomic E-state index is 11.5. The third kappa shape index (κ3) is 1.83. The molecule has 3 nitrogen and oxygen atoms in total. The maximum absolute atomic E-state index is 11.5. The lowest BCUT2D eigenvalue weighted by Crippen LogP contribution is -2.35. The number of nitrogens with two attached hydrogens (primary N) is 1. The summed E-state index contributed by atoms with van der Waals surface area (Å²) >= 11 is 1.70. The van der Waals surface area contributed by atoms with Crippen molar-refractivity contribution < 1.29 is 9.53 Å². The van der Waals surface area contributed by atoms with Gasteiger partial charge in [-0.05, 0) is 30.4 Å². The second-order valence-corrected chi connectivity index (χ2v) is 4.94. The predicted octanol–water partition coefficient (Wildman–Crippen LogP) is 1.77. The minimum atomic E-state index is -0.796. The molecule has 2 atom stereocenters. The van der Waals surface area contributed by atoms with E-state index in [0.717, 1.165) is 5.56 Å². The molecule has 1 aromatic rings. The van der Waals surface area contributed by atoms with Crippen LogP contribution >= 0.6 is 11.8 Å². The third-order valence-corrected chi connectivity index (χ3v) is 3.83. The largest absolute Gasteiger partial charge is 0.468 e. The standard InChI is InChI=1S/C12H15NO2S/c1-15-11(14)12(13)7-10(12)8-3-5-9(16-2)6-4-8/h3-6,10H,7,13H2,1-2H3. The number of rotatable bonds is 3. The molecule has 0 saturated heterocycles. The van der Waals surface area contributed by atoms with E-state index in [9.17, 15) is 4.79 Å². The molecule has 4 heteroatoms. The molecule has 0 amide bonds. The molecule has 1 aromatic carbocycles. The van der Waals surface area contributed by atoms with Crippen LogP contribution in [-0.2, 0) is 9.53 Å². The van der Waals surface area contributed by atoms with Gasteiger partial charge in [0, 0.05) is 10.8 Å². The van der Waals surface area contributed by atoms with Gasteiger partial charge in [-0.3, -0.25) is 4.79 Å². The summed E-state index contributed by atoms with van der Waals surface area (Å²) in [5, 5.41) is 0. The summed E-state index contributed by atoms with van der Waals surface area (Å²) in [5.74, 6) is -0.206. The van der Waals surface area contributed by atoms with E-state index in [1.165, 1.54) is 12.0 Å². The molecule has 16 heavy (non-hydrogen) atoms. The van der Waals surface area contributed by atoms with Crippen molar-refractivity contribution in [2.24, 2.45) is 5.73 Å². The third-order valence-electron chi connectivity index (χ3n) is 3.09. The molecule has 2 rings (SSSR count). The summed E-state index contributed by atoms with van der Waals surface area (Å²) in [7, 11) is 1.38. The highest BCUT2D eigenvalue weighted by Gasteiger charge is 2.58. The van der Waals surface area contributed by atoms with Crippen molar-refractivity contribution in [3.8, 4) is 0 Å². The van der Waals surface area contributed by atoms with Gasteiger partial charge in [0.2, 0.25) is 0 Å². The Bertz CT molecular complexity index is 404. The zero-order valence-corrected chi connectivity index (χ0v) is 10.2. The van der Waals surface area contributed by atoms with Gasteiger partial charge in [0.05, 0.1) is 7.11 Å². The van der Waals surface area contributed by atoms with Crippen LogP contribution < -0.4 is 5.73 Å². The molecule has 1 aliphatic carbocycles. The van der Waals surface area contributed by atoms with Crippen molar-refractivity contribution in [1.29, 1.82) is 0 Å². The first-order valence-corrected chi connectivity index (χ1v) is 6.35. The van der Waals surface area contributed by atoms with Gasteiger partial charge in [-0.15, -0.1) is 11.8 Å². The second-order valence-electron chi connectivity index (χ2n) is 4.06. The monoisotopic (exact) mass is 237 g/mol. The number of hydrogen-bond donors (Lipinski definition) is 1. The first kappa shape index (κ1) is 11.5. The van der Waals surface area contributed by atoms with Crippen molar-refractivity contribution in [3.63, 3.8) is 0 Å². The Hall–Kier alpha value is -1.00. The van der Waals surface area contributed by atoms with Gasteiger partial charge in [-0.25, -0.2) is 0 Å². The van der Waals surface area contributed by atoms with Crippen LogP contribution in [0, 0.1) is 0 Å². The van der Waals surface area contributed by atoms with Gasteiger partial charge in [-0.1, -0.05) is 12.1 Å². The molecule has 1 aliphatic rings. The molecular weight excluding hydrogens is 222 g/mol. The molecule has 0 spiro atoms. The van der Waals surface area contributed by atoms with E-state index < -0.39 is 5.54 Å². The Morgan fingerprint density at radius 1 is 1.50 bits per heavy atom. The Morgan fingerprint density at radius 2 is 2.12 bits per heavy atom. The van der Waals surface area contributed by atoms with Gasteiger partial charge in [0.25, 0.3) is 0 Å². The molecule has 2 N–H and O–H groups in total. The van der Waals surface area contributed by atoms with Crippen molar-refractivity contribution >= 4 is 17.7 Å². The Kier molecular flexibility index (Phi) is 2.95. The van der Waals surface area contributed by atoms with Crippen LogP contribution in [-0.4, -0.2) is 24.9 Å². The SMILES string of the molecule is COC(=O)C1(N)CC1c1ccc(SC)cc1. The lowest BCUT2D eigenvalue weighted by atomic mass is 10.1. The Balaban J connectivity index is 2.13. The van der Waals surface area contributed by atoms with Gasteiger partial charge in [0.15, 0.2) is 0 Å². The molecule has 0 aliphatic heterocycles. The number of carbonyl (C=O) groups is 1. The average molecular weight is 237 g/mol. The molecule has 1 saturated carbocycles. The van der Waals surface area contributed by atoms with Crippen LogP contribution in [0.1, 0.15) is 17.9 Å². The summed E-state index contributed by atoms with van der Waals surface area (Å²) in [6, 6.07) is 8.17. The topological polar surface area (TPSA) is 52.3 Å². The van der Waals surface area contributed by atoms with Crippen LogP contribution in [0.25, 0.3) is 0 Å². The highest BCUT2D eigenvalue weighted by Crippen LogP contribution is 2.50. The first-order chi connectivity index (χ1) is 7.61. The summed E-state index contributed by atoms with van der Waals surface area (Å²) in [6.07, 6.45) is 2.71. The molecule has 0 radical (unpaired) electrons. The number of methoxy groups -OCH3 is 1. The molecule has 0 bridgehead atoms. The molecule has 86 valence electrons. The zero-order valence-electron chi connectivity index (χ0n) is 9.40. The Morgan fingerprint density at radius 3 is 2.62 bits per heavy atom. The van der Waals surface area contributed by atoms with Gasteiger partial charge in [0.1, 0.15) is 5.54 Å². The van der Waals surface area contributed by atoms with Crippen LogP contribution in [0.15, 0.2) is 29.2 Å². The predicted molar refractivity (Wildman–Crippen MR) is 64.5 cm³/mol. The molecule has 0 heterocycles. The fourth-order valence-corrected chi connectivity index (χ4v) is 2.35. The number of thioether (sulfide) groups is 1. The van der Waals surface area contributed by atoms with Crippen LogP contribution in [0.2, 0.25) is 0 Å². The summed E-state index contributed by atoms with van der Waals surface area (Å²) in [4.78, 5) is 12.7. The summed E-state index contributed by atoms with van der Waals surface area (Å²) < 4.78 is 4.71. The van der Waals surface area contributed by atoms with E-state index in [1.807, 2.05) is 18.4 Å². The van der Waals surface area contributed by atoms with E-state index in [1.54, 1.807) is 11.8 Å². The lowest BCUT2D eigenvalue weighted by Gasteiger charge is -2.08. The van der Waals surface area contributed by atoms with Gasteiger partial charge >= 0.3 is 5.97 Å². The number of esters is 1. The van der Waals surface area contributed by atoms with Crippen LogP contribution in [0.4, 0.5) is 0 Å². The number of carbonyl (C=O) groups excluding carboxylic acids is 1. The van der Waals surface area contributed by atoms with E-state index in [4.69, 9.17) is 10.5 Å². The van der Waals surface area contributed by atoms with Crippen LogP contribution in [0.3, 0.4) is 0 Å². The highest BCUT2D eigenvalue weighted by molar-refractivity contribution is 7.98. The molecule has 2 unspecified atom stereocenters. The summed E-state index contributed by atoms with van der Waals surface area (Å²) in [6.45, 7) is 0. The van der Waals surface area contributed by atoms with Crippen molar-refractivity contribution in [2.45, 2.75) is 22.8 Å². The van der Waals surface area contributed by atoms with Crippen LogP contribution in [0.5, 0.6) is 0 Å². The van der Waals surface area contributed by atoms with E-state index in [-0.39, 0.29) is 11.9 Å². The quantitative estimate of drug-likeness (QED) is 0.643. The minimum Gasteiger partial charge on any atom is -0.468 e. The molecule has 1 fully saturated rings. The highest BCUT2D eigenvalue weighted by atomic mass is 32.2. The van der Waals surface area contributed by atoms with Gasteiger partial charge < -0.3 is 10.5 Å². The second kappa shape index (κ2) is 4.11. The average Bonchev–Trinajstić information content (AvgIpc) is 3.02. The lowest BCUT2D eigenvalue weighted by molar-refractivity contribution is -0.143. The number of benzene rings is 1. The first-order valence-electron chi connectivity index (χ1n) is 5.13. The van der Waals surface area contributed by atoms with Gasteiger partial charge in [-0.2, -0.15) is 0 Å². The fourth-order valence-electron chi connectivity index (χ4n) is 1.95. The van der Waals surface area contributed by atoms with E-state index in [2.05, 4.69) is 12.1 Å². The fraction of sp³-hybridized carbons (Fsp3) is 0.417. The van der Waals surface area contributed by atoms with Crippen molar-refractivity contribution in [3.05, 3.63) is 29.8 Å². The minimum absolute atomic E-state index is 0.107. The van der Waals surface area contributed by atoms with Crippen molar-refractivity contribution in [2.75, 3.05) is 13.4 Å². The molecular formula is C12H15NO2S. The number of hydrogen-bond acceptors (Lipinski definition) is 4.